The van der Waals surface area contributed by atoms with Crippen molar-refractivity contribution in [2.45, 2.75) is 111 Å². The second-order valence-corrected chi connectivity index (χ2v) is 7.23. The highest BCUT2D eigenvalue weighted by Gasteiger charge is 2.17. The fourth-order valence-corrected chi connectivity index (χ4v) is 3.04. The SMILES string of the molecule is CCCC(=O)O.CCCCCCC(CCC(N)=O)C(C)CCCCC. The average Bonchev–Trinajstić information content (AvgIpc) is 2.54. The predicted octanol–water partition coefficient (Wildman–Crippen LogP) is 5.93. The minimum absolute atomic E-state index is 0.140. The number of unbranched alkanes of at least 4 members (excludes halogenated alkanes) is 5. The monoisotopic (exact) mass is 357 g/mol. The van der Waals surface area contributed by atoms with Crippen molar-refractivity contribution in [2.75, 3.05) is 0 Å². The van der Waals surface area contributed by atoms with E-state index in [1.54, 1.807) is 0 Å². The molecule has 4 nitrogen and oxygen atoms in total. The summed E-state index contributed by atoms with van der Waals surface area (Å²) in [6.07, 6.45) is 14.4. The van der Waals surface area contributed by atoms with Gasteiger partial charge in [-0.15, -0.1) is 0 Å². The van der Waals surface area contributed by atoms with Crippen molar-refractivity contribution in [3.05, 3.63) is 0 Å². The summed E-state index contributed by atoms with van der Waals surface area (Å²) in [7, 11) is 0. The van der Waals surface area contributed by atoms with E-state index in [0.717, 1.165) is 18.8 Å². The third-order valence-corrected chi connectivity index (χ3v) is 4.72. The second-order valence-electron chi connectivity index (χ2n) is 7.23. The number of primary amides is 1. The van der Waals surface area contributed by atoms with Crippen molar-refractivity contribution in [1.29, 1.82) is 0 Å². The second kappa shape index (κ2) is 19.3. The molecule has 25 heavy (non-hydrogen) atoms. The lowest BCUT2D eigenvalue weighted by atomic mass is 9.82. The van der Waals surface area contributed by atoms with Crippen LogP contribution in [0.15, 0.2) is 0 Å². The third kappa shape index (κ3) is 20.9. The summed E-state index contributed by atoms with van der Waals surface area (Å²) in [6.45, 7) is 8.70. The molecule has 0 fully saturated rings. The number of carbonyl (C=O) groups excluding carboxylic acids is 1. The Labute approximate surface area is 156 Å². The van der Waals surface area contributed by atoms with Crippen LogP contribution in [0.3, 0.4) is 0 Å². The van der Waals surface area contributed by atoms with E-state index < -0.39 is 5.97 Å². The van der Waals surface area contributed by atoms with Crippen LogP contribution in [0.4, 0.5) is 0 Å². The molecule has 1 amide bonds. The minimum atomic E-state index is -0.711. The van der Waals surface area contributed by atoms with Gasteiger partial charge in [0, 0.05) is 12.8 Å². The van der Waals surface area contributed by atoms with Crippen LogP contribution in [-0.2, 0) is 9.59 Å². The molecule has 0 heterocycles. The molecule has 0 aromatic heterocycles. The summed E-state index contributed by atoms with van der Waals surface area (Å²) in [5, 5.41) is 7.91. The Morgan fingerprint density at radius 2 is 1.36 bits per heavy atom. The van der Waals surface area contributed by atoms with Crippen molar-refractivity contribution in [2.24, 2.45) is 17.6 Å². The molecule has 0 rings (SSSR count). The normalized spacial score (nSPS) is 12.8. The zero-order chi connectivity index (χ0) is 19.5. The van der Waals surface area contributed by atoms with Crippen LogP contribution >= 0.6 is 0 Å². The first kappa shape index (κ1) is 26.2. The molecule has 0 aromatic rings. The van der Waals surface area contributed by atoms with Gasteiger partial charge in [0.25, 0.3) is 0 Å². The number of amides is 1. The van der Waals surface area contributed by atoms with E-state index in [1.807, 2.05) is 6.92 Å². The molecule has 150 valence electrons. The number of carboxylic acid groups (broad SMARTS) is 1. The van der Waals surface area contributed by atoms with Gasteiger partial charge in [0.05, 0.1) is 0 Å². The fourth-order valence-electron chi connectivity index (χ4n) is 3.04. The lowest BCUT2D eigenvalue weighted by Crippen LogP contribution is -2.17. The average molecular weight is 358 g/mol. The zero-order valence-corrected chi connectivity index (χ0v) is 17.2. The predicted molar refractivity (Wildman–Crippen MR) is 107 cm³/mol. The summed E-state index contributed by atoms with van der Waals surface area (Å²) in [5.74, 6) is 0.588. The van der Waals surface area contributed by atoms with Crippen LogP contribution in [-0.4, -0.2) is 17.0 Å². The zero-order valence-electron chi connectivity index (χ0n) is 17.2. The number of aliphatic carboxylic acids is 1. The molecular formula is C21H43NO3. The van der Waals surface area contributed by atoms with Crippen molar-refractivity contribution >= 4 is 11.9 Å². The molecule has 4 heteroatoms. The quantitative estimate of drug-likeness (QED) is 0.357. The molecule has 0 aromatic carbocycles. The van der Waals surface area contributed by atoms with Gasteiger partial charge in [0.15, 0.2) is 0 Å². The van der Waals surface area contributed by atoms with Crippen molar-refractivity contribution in [1.82, 2.24) is 0 Å². The highest BCUT2D eigenvalue weighted by molar-refractivity contribution is 5.73. The van der Waals surface area contributed by atoms with Crippen molar-refractivity contribution < 1.29 is 14.7 Å². The first-order valence-electron chi connectivity index (χ1n) is 10.4. The van der Waals surface area contributed by atoms with Crippen LogP contribution in [0, 0.1) is 11.8 Å². The summed E-state index contributed by atoms with van der Waals surface area (Å²) < 4.78 is 0. The minimum Gasteiger partial charge on any atom is -0.481 e. The van der Waals surface area contributed by atoms with Gasteiger partial charge in [-0.3, -0.25) is 9.59 Å². The first-order valence-corrected chi connectivity index (χ1v) is 10.4. The van der Waals surface area contributed by atoms with Gasteiger partial charge in [-0.2, -0.15) is 0 Å². The maximum atomic E-state index is 11.0. The van der Waals surface area contributed by atoms with Crippen molar-refractivity contribution in [3.63, 3.8) is 0 Å². The molecule has 0 bridgehead atoms. The standard InChI is InChI=1S/C17H35NO.C4H8O2/c1-4-6-8-10-12-16(13-14-17(18)19)15(3)11-9-7-5-2;1-2-3-4(5)6/h15-16H,4-14H2,1-3H3,(H2,18,19);2-3H2,1H3,(H,5,6). The van der Waals surface area contributed by atoms with Crippen LogP contribution in [0.5, 0.6) is 0 Å². The molecule has 0 aliphatic carbocycles. The topological polar surface area (TPSA) is 80.4 Å². The molecule has 2 unspecified atom stereocenters. The maximum absolute atomic E-state index is 11.0. The van der Waals surface area contributed by atoms with E-state index in [1.165, 1.54) is 57.8 Å². The summed E-state index contributed by atoms with van der Waals surface area (Å²) in [5.41, 5.74) is 5.30. The molecule has 0 aliphatic rings. The number of rotatable bonds is 15. The smallest absolute Gasteiger partial charge is 0.303 e. The van der Waals surface area contributed by atoms with Crippen molar-refractivity contribution in [3.8, 4) is 0 Å². The molecule has 3 N–H and O–H groups in total. The van der Waals surface area contributed by atoms with Gasteiger partial charge in [0.1, 0.15) is 0 Å². The molecule has 0 saturated heterocycles. The lowest BCUT2D eigenvalue weighted by Gasteiger charge is -2.24. The molecular weight excluding hydrogens is 314 g/mol. The van der Waals surface area contributed by atoms with E-state index >= 15 is 0 Å². The summed E-state index contributed by atoms with van der Waals surface area (Å²) >= 11 is 0. The molecule has 2 atom stereocenters. The van der Waals surface area contributed by atoms with Gasteiger partial charge in [-0.05, 0) is 24.7 Å². The van der Waals surface area contributed by atoms with E-state index in [-0.39, 0.29) is 5.91 Å². The molecule has 0 radical (unpaired) electrons. The van der Waals surface area contributed by atoms with Crippen LogP contribution in [0.2, 0.25) is 0 Å². The first-order chi connectivity index (χ1) is 11.9. The van der Waals surface area contributed by atoms with Gasteiger partial charge in [0.2, 0.25) is 5.91 Å². The summed E-state index contributed by atoms with van der Waals surface area (Å²) in [6, 6.07) is 0. The number of nitrogens with two attached hydrogens (primary N) is 1. The lowest BCUT2D eigenvalue weighted by molar-refractivity contribution is -0.137. The highest BCUT2D eigenvalue weighted by atomic mass is 16.4. The Hall–Kier alpha value is -1.06. The Balaban J connectivity index is 0. The summed E-state index contributed by atoms with van der Waals surface area (Å²) in [4.78, 5) is 20.6. The Kier molecular flexibility index (Phi) is 20.2. The van der Waals surface area contributed by atoms with Crippen LogP contribution in [0.25, 0.3) is 0 Å². The van der Waals surface area contributed by atoms with Crippen LogP contribution < -0.4 is 5.73 Å². The van der Waals surface area contributed by atoms with Gasteiger partial charge >= 0.3 is 5.97 Å². The highest BCUT2D eigenvalue weighted by Crippen LogP contribution is 2.28. The van der Waals surface area contributed by atoms with Crippen LogP contribution in [0.1, 0.15) is 111 Å². The number of carbonyl (C=O) groups is 2. The molecule has 0 saturated carbocycles. The number of hydrogen-bond donors (Lipinski definition) is 2. The fraction of sp³-hybridized carbons (Fsp3) is 0.905. The molecule has 0 aliphatic heterocycles. The van der Waals surface area contributed by atoms with E-state index in [2.05, 4.69) is 20.8 Å². The largest absolute Gasteiger partial charge is 0.481 e. The van der Waals surface area contributed by atoms with Gasteiger partial charge in [-0.25, -0.2) is 0 Å². The van der Waals surface area contributed by atoms with E-state index in [0.29, 0.717) is 18.8 Å². The van der Waals surface area contributed by atoms with Gasteiger partial charge < -0.3 is 10.8 Å². The van der Waals surface area contributed by atoms with E-state index in [9.17, 15) is 9.59 Å². The van der Waals surface area contributed by atoms with Gasteiger partial charge in [-0.1, -0.05) is 85.5 Å². The Bertz CT molecular complexity index is 318. The molecule has 0 spiro atoms. The number of carboxylic acids is 1. The third-order valence-electron chi connectivity index (χ3n) is 4.72. The number of hydrogen-bond acceptors (Lipinski definition) is 2. The maximum Gasteiger partial charge on any atom is 0.303 e. The Morgan fingerprint density at radius 3 is 1.80 bits per heavy atom. The Morgan fingerprint density at radius 1 is 0.800 bits per heavy atom. The van der Waals surface area contributed by atoms with E-state index in [4.69, 9.17) is 10.8 Å².